The van der Waals surface area contributed by atoms with Crippen molar-refractivity contribution in [3.63, 3.8) is 0 Å². The van der Waals surface area contributed by atoms with Gasteiger partial charge in [0.05, 0.1) is 31.3 Å². The first-order chi connectivity index (χ1) is 23.8. The summed E-state index contributed by atoms with van der Waals surface area (Å²) in [5, 5.41) is 4.38. The number of benzene rings is 2. The number of anilines is 1. The number of amides is 2. The maximum absolute atomic E-state index is 14.0. The van der Waals surface area contributed by atoms with Crippen molar-refractivity contribution in [1.29, 1.82) is 0 Å². The second kappa shape index (κ2) is 12.4. The van der Waals surface area contributed by atoms with Gasteiger partial charge in [-0.15, -0.1) is 0 Å². The standard InChI is InChI=1S/C38H40N8O3/c1-25-18-30(21-40-36(25)49-3)34-32-19-31(9-8-29(32)20-39-34)46-17-13-38(37(46)48)12-16-44(23-38)22-33(47)45-14-10-27(11-15-45)26-4-6-28(7-5-26)35-41-24-43(2)42-35/h4-10,18-19,21,24H,11-17,20,22-23H2,1-3H3/t38-/m0/s1. The minimum atomic E-state index is -0.445. The molecule has 250 valence electrons. The highest BCUT2D eigenvalue weighted by molar-refractivity contribution is 6.16. The van der Waals surface area contributed by atoms with Crippen LogP contribution in [0.5, 0.6) is 5.88 Å². The molecule has 0 saturated carbocycles. The molecule has 4 aromatic rings. The number of hydrogen-bond acceptors (Lipinski definition) is 8. The Kier molecular flexibility index (Phi) is 7.86. The smallest absolute Gasteiger partial charge is 0.237 e. The Morgan fingerprint density at radius 2 is 1.80 bits per heavy atom. The van der Waals surface area contributed by atoms with Gasteiger partial charge >= 0.3 is 0 Å². The van der Waals surface area contributed by atoms with Crippen LogP contribution in [0, 0.1) is 12.3 Å². The van der Waals surface area contributed by atoms with Gasteiger partial charge in [0.15, 0.2) is 5.82 Å². The molecule has 1 atom stereocenters. The van der Waals surface area contributed by atoms with E-state index in [9.17, 15) is 9.59 Å². The fourth-order valence-electron chi connectivity index (χ4n) is 7.79. The van der Waals surface area contributed by atoms with Crippen LogP contribution in [0.1, 0.15) is 47.1 Å². The average molecular weight is 657 g/mol. The Labute approximate surface area is 285 Å². The summed E-state index contributed by atoms with van der Waals surface area (Å²) in [6.07, 6.45) is 8.05. The first-order valence-corrected chi connectivity index (χ1v) is 17.0. The van der Waals surface area contributed by atoms with E-state index < -0.39 is 5.41 Å². The molecule has 4 aliphatic heterocycles. The number of carbonyl (C=O) groups excluding carboxylic acids is 2. The Hall–Kier alpha value is -5.16. The zero-order chi connectivity index (χ0) is 33.7. The van der Waals surface area contributed by atoms with Crippen molar-refractivity contribution < 1.29 is 14.3 Å². The summed E-state index contributed by atoms with van der Waals surface area (Å²) < 4.78 is 7.04. The first-order valence-electron chi connectivity index (χ1n) is 17.0. The van der Waals surface area contributed by atoms with Crippen LogP contribution in [0.25, 0.3) is 17.0 Å². The summed E-state index contributed by atoms with van der Waals surface area (Å²) in [5.74, 6) is 1.61. The highest BCUT2D eigenvalue weighted by Crippen LogP contribution is 2.43. The van der Waals surface area contributed by atoms with E-state index in [1.165, 1.54) is 5.57 Å². The number of methoxy groups -OCH3 is 1. The Morgan fingerprint density at radius 3 is 2.53 bits per heavy atom. The number of ether oxygens (including phenoxy) is 1. The molecule has 0 unspecified atom stereocenters. The lowest BCUT2D eigenvalue weighted by atomic mass is 9.85. The highest BCUT2D eigenvalue weighted by atomic mass is 16.5. The van der Waals surface area contributed by atoms with Crippen LogP contribution in [0.15, 0.2) is 72.1 Å². The van der Waals surface area contributed by atoms with Crippen LogP contribution in [0.4, 0.5) is 5.69 Å². The zero-order valence-corrected chi connectivity index (χ0v) is 28.2. The highest BCUT2D eigenvalue weighted by Gasteiger charge is 2.51. The maximum atomic E-state index is 14.0. The van der Waals surface area contributed by atoms with Gasteiger partial charge in [-0.2, -0.15) is 5.10 Å². The molecule has 8 rings (SSSR count). The van der Waals surface area contributed by atoms with E-state index in [4.69, 9.17) is 9.73 Å². The fraction of sp³-hybridized carbons (Fsp3) is 0.368. The van der Waals surface area contributed by atoms with Gasteiger partial charge in [0, 0.05) is 67.4 Å². The van der Waals surface area contributed by atoms with E-state index in [-0.39, 0.29) is 11.8 Å². The maximum Gasteiger partial charge on any atom is 0.237 e. The van der Waals surface area contributed by atoms with Crippen LogP contribution < -0.4 is 9.64 Å². The SMILES string of the molecule is COc1ncc(C2=NCc3ccc(N4CC[C@]5(CCN(CC(=O)N6CC=C(c7ccc(-c8ncn(C)n8)cc7)CC6)C5)C4=O)cc32)cc1C. The van der Waals surface area contributed by atoms with E-state index in [2.05, 4.69) is 68.5 Å². The predicted molar refractivity (Wildman–Crippen MR) is 187 cm³/mol. The Balaban J connectivity index is 0.886. The van der Waals surface area contributed by atoms with Gasteiger partial charge in [0.1, 0.15) is 6.33 Å². The van der Waals surface area contributed by atoms with E-state index in [1.807, 2.05) is 29.8 Å². The third-order valence-corrected chi connectivity index (χ3v) is 10.5. The van der Waals surface area contributed by atoms with Crippen LogP contribution in [-0.4, -0.2) is 93.5 Å². The molecule has 0 bridgehead atoms. The molecule has 2 amide bonds. The molecular weight excluding hydrogens is 616 g/mol. The number of aryl methyl sites for hydroxylation is 2. The van der Waals surface area contributed by atoms with Crippen molar-refractivity contribution in [3.05, 3.63) is 94.9 Å². The number of fused-ring (bicyclic) bond motifs is 1. The molecule has 11 heteroatoms. The lowest BCUT2D eigenvalue weighted by Crippen LogP contribution is -2.43. The van der Waals surface area contributed by atoms with Gasteiger partial charge < -0.3 is 14.5 Å². The summed E-state index contributed by atoms with van der Waals surface area (Å²) in [7, 11) is 3.48. The van der Waals surface area contributed by atoms with Crippen molar-refractivity contribution in [1.82, 2.24) is 29.5 Å². The molecule has 0 radical (unpaired) electrons. The summed E-state index contributed by atoms with van der Waals surface area (Å²) in [6.45, 7) is 6.27. The topological polar surface area (TPSA) is 109 Å². The molecule has 2 fully saturated rings. The van der Waals surface area contributed by atoms with E-state index in [1.54, 1.807) is 24.3 Å². The molecule has 4 aliphatic rings. The molecular formula is C38H40N8O3. The summed E-state index contributed by atoms with van der Waals surface area (Å²) in [6, 6.07) is 16.6. The van der Waals surface area contributed by atoms with Gasteiger partial charge in [-0.1, -0.05) is 36.4 Å². The van der Waals surface area contributed by atoms with Crippen molar-refractivity contribution in [2.75, 3.05) is 51.3 Å². The number of nitrogens with zero attached hydrogens (tertiary/aromatic N) is 8. The lowest BCUT2D eigenvalue weighted by molar-refractivity contribution is -0.132. The quantitative estimate of drug-likeness (QED) is 0.292. The molecule has 2 aromatic carbocycles. The third kappa shape index (κ3) is 5.71. The van der Waals surface area contributed by atoms with Gasteiger partial charge in [-0.05, 0) is 67.6 Å². The number of likely N-dealkylation sites (tertiary alicyclic amines) is 1. The van der Waals surface area contributed by atoms with Gasteiger partial charge in [0.25, 0.3) is 0 Å². The van der Waals surface area contributed by atoms with Crippen molar-refractivity contribution in [2.45, 2.75) is 32.7 Å². The molecule has 0 aliphatic carbocycles. The molecule has 1 spiro atoms. The number of hydrogen-bond donors (Lipinski definition) is 0. The van der Waals surface area contributed by atoms with E-state index in [0.717, 1.165) is 70.6 Å². The molecule has 2 saturated heterocycles. The van der Waals surface area contributed by atoms with E-state index >= 15 is 0 Å². The number of aliphatic imine (C=N–C) groups is 1. The normalized spacial score (nSPS) is 20.6. The van der Waals surface area contributed by atoms with Crippen LogP contribution in [0.2, 0.25) is 0 Å². The second-order valence-electron chi connectivity index (χ2n) is 13.6. The van der Waals surface area contributed by atoms with Gasteiger partial charge in [-0.25, -0.2) is 9.97 Å². The van der Waals surface area contributed by atoms with Crippen LogP contribution >= 0.6 is 0 Å². The molecule has 0 N–H and O–H groups in total. The average Bonchev–Trinajstić information content (AvgIpc) is 3.92. The van der Waals surface area contributed by atoms with Gasteiger partial charge in [0.2, 0.25) is 17.7 Å². The number of pyridine rings is 1. The zero-order valence-electron chi connectivity index (χ0n) is 28.2. The Bertz CT molecular complexity index is 2020. The van der Waals surface area contributed by atoms with Gasteiger partial charge in [-0.3, -0.25) is 24.2 Å². The van der Waals surface area contributed by atoms with E-state index in [0.29, 0.717) is 51.0 Å². The molecule has 11 nitrogen and oxygen atoms in total. The van der Waals surface area contributed by atoms with Crippen LogP contribution in [-0.2, 0) is 23.2 Å². The fourth-order valence-corrected chi connectivity index (χ4v) is 7.79. The predicted octanol–water partition coefficient (Wildman–Crippen LogP) is 4.29. The molecule has 49 heavy (non-hydrogen) atoms. The monoisotopic (exact) mass is 656 g/mol. The van der Waals surface area contributed by atoms with Crippen LogP contribution in [0.3, 0.4) is 0 Å². The summed E-state index contributed by atoms with van der Waals surface area (Å²) >= 11 is 0. The lowest BCUT2D eigenvalue weighted by Gasteiger charge is -2.29. The largest absolute Gasteiger partial charge is 0.481 e. The first kappa shape index (κ1) is 31.1. The summed E-state index contributed by atoms with van der Waals surface area (Å²) in [5.41, 5.74) is 8.86. The number of carbonyl (C=O) groups is 2. The molecule has 2 aromatic heterocycles. The number of aromatic nitrogens is 4. The molecule has 6 heterocycles. The third-order valence-electron chi connectivity index (χ3n) is 10.5. The van der Waals surface area contributed by atoms with Crippen molar-refractivity contribution in [2.24, 2.45) is 17.5 Å². The number of rotatable bonds is 7. The Morgan fingerprint density at radius 1 is 0.980 bits per heavy atom. The summed E-state index contributed by atoms with van der Waals surface area (Å²) in [4.78, 5) is 47.1. The minimum absolute atomic E-state index is 0.125. The van der Waals surface area contributed by atoms with Crippen molar-refractivity contribution in [3.8, 4) is 17.3 Å². The minimum Gasteiger partial charge on any atom is -0.481 e. The second-order valence-corrected chi connectivity index (χ2v) is 13.6. The van der Waals surface area contributed by atoms with Crippen molar-refractivity contribution >= 4 is 28.8 Å².